The van der Waals surface area contributed by atoms with Crippen molar-refractivity contribution in [2.45, 2.75) is 23.9 Å². The monoisotopic (exact) mass is 305 g/mol. The van der Waals surface area contributed by atoms with Crippen molar-refractivity contribution in [2.75, 3.05) is 0 Å². The standard InChI is InChI=1S/C10H10F3N5OS/c1-6-3-9(14-4-7(6)10(11,12)13)20(19)5-8-15-16-17-18(8)2/h3-4H,5H2,1-2H3. The lowest BCUT2D eigenvalue weighted by Crippen LogP contribution is -2.11. The van der Waals surface area contributed by atoms with Crippen molar-refractivity contribution in [1.82, 2.24) is 25.2 Å². The Labute approximate surface area is 114 Å². The molecular weight excluding hydrogens is 295 g/mol. The second-order valence-corrected chi connectivity index (χ2v) is 5.44. The van der Waals surface area contributed by atoms with E-state index in [1.807, 2.05) is 0 Å². The SMILES string of the molecule is Cc1cc(S(=O)Cc2nnnn2C)ncc1C(F)(F)F. The molecule has 2 aromatic rings. The van der Waals surface area contributed by atoms with Crippen molar-refractivity contribution in [3.05, 3.63) is 29.2 Å². The van der Waals surface area contributed by atoms with Gasteiger partial charge in [0.15, 0.2) is 5.82 Å². The Morgan fingerprint density at radius 2 is 2.10 bits per heavy atom. The van der Waals surface area contributed by atoms with Crippen molar-refractivity contribution in [2.24, 2.45) is 7.05 Å². The first kappa shape index (κ1) is 14.6. The predicted octanol–water partition coefficient (Wildman–Crippen LogP) is 1.24. The van der Waals surface area contributed by atoms with Crippen LogP contribution in [0.5, 0.6) is 0 Å². The summed E-state index contributed by atoms with van der Waals surface area (Å²) in [4.78, 5) is 3.62. The molecule has 6 nitrogen and oxygen atoms in total. The molecule has 0 bridgehead atoms. The van der Waals surface area contributed by atoms with Gasteiger partial charge in [0.1, 0.15) is 5.03 Å². The molecule has 0 radical (unpaired) electrons. The number of hydrogen-bond donors (Lipinski definition) is 0. The molecule has 0 saturated heterocycles. The Kier molecular flexibility index (Phi) is 3.84. The van der Waals surface area contributed by atoms with Gasteiger partial charge in [0.2, 0.25) is 0 Å². The van der Waals surface area contributed by atoms with E-state index < -0.39 is 22.5 Å². The van der Waals surface area contributed by atoms with Gasteiger partial charge in [0, 0.05) is 13.2 Å². The first-order chi connectivity index (χ1) is 9.29. The van der Waals surface area contributed by atoms with Crippen molar-refractivity contribution in [1.29, 1.82) is 0 Å². The van der Waals surface area contributed by atoms with Crippen molar-refractivity contribution < 1.29 is 17.4 Å². The van der Waals surface area contributed by atoms with Crippen LogP contribution in [0.4, 0.5) is 13.2 Å². The Morgan fingerprint density at radius 1 is 1.40 bits per heavy atom. The summed E-state index contributed by atoms with van der Waals surface area (Å²) in [5.41, 5.74) is -0.856. The number of nitrogens with zero attached hydrogens (tertiary/aromatic N) is 5. The molecule has 0 amide bonds. The molecule has 0 N–H and O–H groups in total. The van der Waals surface area contributed by atoms with E-state index in [1.165, 1.54) is 17.7 Å². The van der Waals surface area contributed by atoms with E-state index in [2.05, 4.69) is 20.5 Å². The molecule has 108 valence electrons. The number of aromatic nitrogens is 5. The van der Waals surface area contributed by atoms with Crippen LogP contribution in [0, 0.1) is 6.92 Å². The summed E-state index contributed by atoms with van der Waals surface area (Å²) in [5.74, 6) is 0.351. The van der Waals surface area contributed by atoms with E-state index in [0.29, 0.717) is 12.0 Å². The summed E-state index contributed by atoms with van der Waals surface area (Å²) in [6.07, 6.45) is -3.78. The van der Waals surface area contributed by atoms with E-state index in [-0.39, 0.29) is 16.3 Å². The molecule has 10 heteroatoms. The lowest BCUT2D eigenvalue weighted by Gasteiger charge is -2.10. The predicted molar refractivity (Wildman–Crippen MR) is 62.9 cm³/mol. The Morgan fingerprint density at radius 3 is 2.60 bits per heavy atom. The van der Waals surface area contributed by atoms with Gasteiger partial charge in [0.25, 0.3) is 0 Å². The van der Waals surface area contributed by atoms with Crippen LogP contribution >= 0.6 is 0 Å². The van der Waals surface area contributed by atoms with Crippen LogP contribution in [0.25, 0.3) is 0 Å². The molecule has 1 atom stereocenters. The van der Waals surface area contributed by atoms with Gasteiger partial charge in [0.05, 0.1) is 22.1 Å². The molecule has 0 fully saturated rings. The lowest BCUT2D eigenvalue weighted by molar-refractivity contribution is -0.138. The molecule has 2 aromatic heterocycles. The largest absolute Gasteiger partial charge is 0.418 e. The molecule has 0 saturated carbocycles. The highest BCUT2D eigenvalue weighted by atomic mass is 32.2. The van der Waals surface area contributed by atoms with Crippen molar-refractivity contribution in [3.8, 4) is 0 Å². The topological polar surface area (TPSA) is 73.6 Å². The average Bonchev–Trinajstić information content (AvgIpc) is 2.73. The lowest BCUT2D eigenvalue weighted by atomic mass is 10.1. The third-order valence-electron chi connectivity index (χ3n) is 2.59. The van der Waals surface area contributed by atoms with Gasteiger partial charge in [-0.15, -0.1) is 5.10 Å². The minimum atomic E-state index is -4.47. The number of alkyl halides is 3. The van der Waals surface area contributed by atoms with Crippen LogP contribution in [0.3, 0.4) is 0 Å². The van der Waals surface area contributed by atoms with Gasteiger partial charge < -0.3 is 0 Å². The summed E-state index contributed by atoms with van der Waals surface area (Å²) in [6, 6.07) is 1.17. The van der Waals surface area contributed by atoms with Crippen LogP contribution < -0.4 is 0 Å². The molecule has 0 aliphatic rings. The zero-order valence-corrected chi connectivity index (χ0v) is 11.4. The molecule has 2 rings (SSSR count). The van der Waals surface area contributed by atoms with Crippen molar-refractivity contribution >= 4 is 10.8 Å². The maximum absolute atomic E-state index is 12.6. The van der Waals surface area contributed by atoms with Gasteiger partial charge in [-0.1, -0.05) is 0 Å². The second-order valence-electron chi connectivity index (χ2n) is 4.04. The Hall–Kier alpha value is -1.84. The zero-order chi connectivity index (χ0) is 14.9. The highest BCUT2D eigenvalue weighted by Gasteiger charge is 2.33. The molecule has 1 unspecified atom stereocenters. The first-order valence-electron chi connectivity index (χ1n) is 5.42. The molecule has 0 aliphatic heterocycles. The van der Waals surface area contributed by atoms with Gasteiger partial charge >= 0.3 is 6.18 Å². The van der Waals surface area contributed by atoms with Crippen LogP contribution in [-0.2, 0) is 29.8 Å². The quantitative estimate of drug-likeness (QED) is 0.853. The molecular formula is C10H10F3N5OS. The van der Waals surface area contributed by atoms with Gasteiger partial charge in [-0.25, -0.2) is 9.67 Å². The van der Waals surface area contributed by atoms with Gasteiger partial charge in [-0.2, -0.15) is 13.2 Å². The van der Waals surface area contributed by atoms with Crippen LogP contribution in [0.2, 0.25) is 0 Å². The third kappa shape index (κ3) is 3.00. The number of pyridine rings is 1. The van der Waals surface area contributed by atoms with Gasteiger partial charge in [-0.3, -0.25) is 4.21 Å². The molecule has 0 aromatic carbocycles. The molecule has 2 heterocycles. The number of rotatable bonds is 3. The molecule has 0 spiro atoms. The molecule has 20 heavy (non-hydrogen) atoms. The van der Waals surface area contributed by atoms with Crippen LogP contribution in [-0.4, -0.2) is 29.4 Å². The minimum Gasteiger partial charge on any atom is -0.252 e. The maximum atomic E-state index is 12.6. The number of hydrogen-bond acceptors (Lipinski definition) is 5. The maximum Gasteiger partial charge on any atom is 0.418 e. The van der Waals surface area contributed by atoms with E-state index in [1.54, 1.807) is 7.05 Å². The summed E-state index contributed by atoms with van der Waals surface area (Å²) >= 11 is 0. The van der Waals surface area contributed by atoms with E-state index in [9.17, 15) is 17.4 Å². The normalized spacial score (nSPS) is 13.4. The minimum absolute atomic E-state index is 0.0126. The number of aryl methyl sites for hydroxylation is 2. The number of halogens is 3. The highest BCUT2D eigenvalue weighted by Crippen LogP contribution is 2.31. The van der Waals surface area contributed by atoms with E-state index in [0.717, 1.165) is 0 Å². The summed E-state index contributed by atoms with van der Waals surface area (Å²) in [7, 11) is -0.0289. The smallest absolute Gasteiger partial charge is 0.252 e. The van der Waals surface area contributed by atoms with Crippen LogP contribution in [0.1, 0.15) is 17.0 Å². The second kappa shape index (κ2) is 5.27. The fourth-order valence-electron chi connectivity index (χ4n) is 1.51. The first-order valence-corrected chi connectivity index (χ1v) is 6.74. The van der Waals surface area contributed by atoms with E-state index >= 15 is 0 Å². The summed E-state index contributed by atoms with van der Waals surface area (Å²) < 4.78 is 51.2. The zero-order valence-electron chi connectivity index (χ0n) is 10.5. The summed E-state index contributed by atoms with van der Waals surface area (Å²) in [5, 5.41) is 10.7. The Balaban J connectivity index is 2.24. The van der Waals surface area contributed by atoms with Crippen LogP contribution in [0.15, 0.2) is 17.3 Å². The third-order valence-corrected chi connectivity index (χ3v) is 3.80. The summed E-state index contributed by atoms with van der Waals surface area (Å²) in [6.45, 7) is 1.30. The van der Waals surface area contributed by atoms with Crippen molar-refractivity contribution in [3.63, 3.8) is 0 Å². The fraction of sp³-hybridized carbons (Fsp3) is 0.400. The average molecular weight is 305 g/mol. The molecule has 0 aliphatic carbocycles. The highest BCUT2D eigenvalue weighted by molar-refractivity contribution is 7.84. The number of tetrazole rings is 1. The fourth-order valence-corrected chi connectivity index (χ4v) is 2.62. The Bertz CT molecular complexity index is 655. The van der Waals surface area contributed by atoms with E-state index in [4.69, 9.17) is 0 Å². The van der Waals surface area contributed by atoms with Gasteiger partial charge in [-0.05, 0) is 29.0 Å².